The van der Waals surface area contributed by atoms with Gasteiger partial charge >= 0.3 is 6.18 Å². The predicted octanol–water partition coefficient (Wildman–Crippen LogP) is 1.36. The van der Waals surface area contributed by atoms with Crippen molar-refractivity contribution in [2.24, 2.45) is 0 Å². The van der Waals surface area contributed by atoms with E-state index in [0.29, 0.717) is 0 Å². The summed E-state index contributed by atoms with van der Waals surface area (Å²) in [7, 11) is 0. The number of nitrogens with zero attached hydrogens (tertiary/aromatic N) is 2. The molecule has 0 saturated carbocycles. The summed E-state index contributed by atoms with van der Waals surface area (Å²) in [5, 5.41) is 6.00. The van der Waals surface area contributed by atoms with Gasteiger partial charge in [-0.05, 0) is 25.9 Å². The Morgan fingerprint density at radius 1 is 1.35 bits per heavy atom. The molecular formula is C9H12F3N3O2. The van der Waals surface area contributed by atoms with E-state index in [2.05, 4.69) is 20.0 Å². The number of ether oxygens (including phenoxy) is 1. The molecule has 1 aromatic rings. The van der Waals surface area contributed by atoms with Crippen molar-refractivity contribution in [3.05, 3.63) is 11.7 Å². The molecule has 1 saturated heterocycles. The van der Waals surface area contributed by atoms with Gasteiger partial charge in [0.1, 0.15) is 6.61 Å². The molecule has 2 heterocycles. The Morgan fingerprint density at radius 3 is 2.65 bits per heavy atom. The molecule has 1 aromatic heterocycles. The van der Waals surface area contributed by atoms with Gasteiger partial charge in [-0.3, -0.25) is 0 Å². The third-order valence-electron chi connectivity index (χ3n) is 2.45. The smallest absolute Gasteiger partial charge is 0.368 e. The van der Waals surface area contributed by atoms with Crippen LogP contribution in [0.4, 0.5) is 13.2 Å². The summed E-state index contributed by atoms with van der Waals surface area (Å²) >= 11 is 0. The number of hydrogen-bond donors (Lipinski definition) is 1. The summed E-state index contributed by atoms with van der Waals surface area (Å²) < 4.78 is 46.3. The van der Waals surface area contributed by atoms with Crippen molar-refractivity contribution in [1.29, 1.82) is 0 Å². The zero-order valence-electron chi connectivity index (χ0n) is 8.96. The number of hydrogen-bond acceptors (Lipinski definition) is 5. The monoisotopic (exact) mass is 251 g/mol. The minimum Gasteiger partial charge on any atom is -0.368 e. The third kappa shape index (κ3) is 3.40. The van der Waals surface area contributed by atoms with Crippen LogP contribution in [-0.2, 0) is 17.5 Å². The third-order valence-corrected chi connectivity index (χ3v) is 2.45. The second-order valence-corrected chi connectivity index (χ2v) is 3.77. The maximum Gasteiger partial charge on any atom is 0.455 e. The Labute approximate surface area is 95.3 Å². The summed E-state index contributed by atoms with van der Waals surface area (Å²) in [4.78, 5) is 3.22. The minimum absolute atomic E-state index is 0.0393. The van der Waals surface area contributed by atoms with E-state index < -0.39 is 12.0 Å². The molecule has 0 aliphatic carbocycles. The lowest BCUT2D eigenvalue weighted by Crippen LogP contribution is -2.32. The van der Waals surface area contributed by atoms with E-state index in [1.165, 1.54) is 0 Å². The Kier molecular flexibility index (Phi) is 3.63. The summed E-state index contributed by atoms with van der Waals surface area (Å²) in [6.07, 6.45) is -2.87. The first-order chi connectivity index (χ1) is 8.05. The SMILES string of the molecule is FC(F)(F)c1noc(COC2CCNCC2)n1. The Morgan fingerprint density at radius 2 is 2.06 bits per heavy atom. The lowest BCUT2D eigenvalue weighted by Gasteiger charge is -2.21. The summed E-state index contributed by atoms with van der Waals surface area (Å²) in [6.45, 7) is 1.62. The topological polar surface area (TPSA) is 60.2 Å². The van der Waals surface area contributed by atoms with Crippen molar-refractivity contribution in [1.82, 2.24) is 15.5 Å². The summed E-state index contributed by atoms with van der Waals surface area (Å²) in [5.41, 5.74) is 0. The number of piperidine rings is 1. The average molecular weight is 251 g/mol. The van der Waals surface area contributed by atoms with Gasteiger partial charge < -0.3 is 14.6 Å². The highest BCUT2D eigenvalue weighted by Crippen LogP contribution is 2.26. The quantitative estimate of drug-likeness (QED) is 0.878. The van der Waals surface area contributed by atoms with Crippen LogP contribution in [0.3, 0.4) is 0 Å². The Hall–Kier alpha value is -1.15. The molecule has 8 heteroatoms. The molecule has 0 amide bonds. The van der Waals surface area contributed by atoms with Crippen LogP contribution in [0.1, 0.15) is 24.6 Å². The van der Waals surface area contributed by atoms with Gasteiger partial charge in [-0.25, -0.2) is 0 Å². The molecular weight excluding hydrogens is 239 g/mol. The van der Waals surface area contributed by atoms with E-state index in [0.717, 1.165) is 25.9 Å². The lowest BCUT2D eigenvalue weighted by atomic mass is 10.1. The van der Waals surface area contributed by atoms with Gasteiger partial charge in [0.05, 0.1) is 6.10 Å². The van der Waals surface area contributed by atoms with E-state index >= 15 is 0 Å². The van der Waals surface area contributed by atoms with Gasteiger partial charge in [0.15, 0.2) is 0 Å². The summed E-state index contributed by atoms with van der Waals surface area (Å²) in [5.74, 6) is -1.41. The number of aromatic nitrogens is 2. The van der Waals surface area contributed by atoms with Crippen LogP contribution in [0.25, 0.3) is 0 Å². The fraction of sp³-hybridized carbons (Fsp3) is 0.778. The van der Waals surface area contributed by atoms with E-state index in [-0.39, 0.29) is 18.6 Å². The van der Waals surface area contributed by atoms with Crippen molar-refractivity contribution in [2.45, 2.75) is 31.7 Å². The van der Waals surface area contributed by atoms with Gasteiger partial charge in [0.25, 0.3) is 11.7 Å². The summed E-state index contributed by atoms with van der Waals surface area (Å²) in [6, 6.07) is 0. The van der Waals surface area contributed by atoms with Gasteiger partial charge in [-0.1, -0.05) is 5.16 Å². The normalized spacial score (nSPS) is 18.5. The van der Waals surface area contributed by atoms with Crippen LogP contribution in [0.15, 0.2) is 4.52 Å². The molecule has 1 aliphatic rings. The number of rotatable bonds is 3. The molecule has 0 aromatic carbocycles. The zero-order chi connectivity index (χ0) is 12.3. The Balaban J connectivity index is 1.84. The molecule has 0 spiro atoms. The number of halogens is 3. The van der Waals surface area contributed by atoms with E-state index in [4.69, 9.17) is 4.74 Å². The van der Waals surface area contributed by atoms with Crippen molar-refractivity contribution < 1.29 is 22.4 Å². The minimum atomic E-state index is -4.57. The highest BCUT2D eigenvalue weighted by molar-refractivity contribution is 4.89. The van der Waals surface area contributed by atoms with Crippen LogP contribution in [0.2, 0.25) is 0 Å². The highest BCUT2D eigenvalue weighted by Gasteiger charge is 2.37. The van der Waals surface area contributed by atoms with Gasteiger partial charge in [-0.2, -0.15) is 18.2 Å². The largest absolute Gasteiger partial charge is 0.455 e. The van der Waals surface area contributed by atoms with Crippen molar-refractivity contribution in [3.63, 3.8) is 0 Å². The van der Waals surface area contributed by atoms with Crippen molar-refractivity contribution >= 4 is 0 Å². The predicted molar refractivity (Wildman–Crippen MR) is 50.0 cm³/mol. The average Bonchev–Trinajstić information content (AvgIpc) is 2.76. The molecule has 1 fully saturated rings. The Bertz CT molecular complexity index is 361. The van der Waals surface area contributed by atoms with E-state index in [9.17, 15) is 13.2 Å². The van der Waals surface area contributed by atoms with Crippen LogP contribution < -0.4 is 5.32 Å². The first-order valence-corrected chi connectivity index (χ1v) is 5.28. The van der Waals surface area contributed by atoms with Crippen LogP contribution in [-0.4, -0.2) is 29.3 Å². The molecule has 1 aliphatic heterocycles. The lowest BCUT2D eigenvalue weighted by molar-refractivity contribution is -0.146. The first-order valence-electron chi connectivity index (χ1n) is 5.28. The molecule has 0 atom stereocenters. The molecule has 0 unspecified atom stereocenters. The molecule has 0 bridgehead atoms. The second-order valence-electron chi connectivity index (χ2n) is 3.77. The van der Waals surface area contributed by atoms with Gasteiger partial charge in [0, 0.05) is 0 Å². The van der Waals surface area contributed by atoms with E-state index in [1.54, 1.807) is 0 Å². The highest BCUT2D eigenvalue weighted by atomic mass is 19.4. The van der Waals surface area contributed by atoms with Crippen LogP contribution in [0.5, 0.6) is 0 Å². The molecule has 17 heavy (non-hydrogen) atoms. The molecule has 96 valence electrons. The van der Waals surface area contributed by atoms with Crippen LogP contribution >= 0.6 is 0 Å². The standard InChI is InChI=1S/C9H12F3N3O2/c10-9(11,12)8-14-7(17-15-8)5-16-6-1-3-13-4-2-6/h6,13H,1-5H2. The molecule has 2 rings (SSSR count). The number of nitrogens with one attached hydrogen (secondary N) is 1. The maximum atomic E-state index is 12.2. The molecule has 0 radical (unpaired) electrons. The zero-order valence-corrected chi connectivity index (χ0v) is 8.96. The molecule has 1 N–H and O–H groups in total. The molecule has 5 nitrogen and oxygen atoms in total. The first kappa shape index (κ1) is 12.3. The van der Waals surface area contributed by atoms with Gasteiger partial charge in [0.2, 0.25) is 0 Å². The fourth-order valence-electron chi connectivity index (χ4n) is 1.58. The maximum absolute atomic E-state index is 12.2. The van der Waals surface area contributed by atoms with Crippen LogP contribution in [0, 0.1) is 0 Å². The van der Waals surface area contributed by atoms with E-state index in [1.807, 2.05) is 0 Å². The van der Waals surface area contributed by atoms with Gasteiger partial charge in [-0.15, -0.1) is 0 Å². The number of alkyl halides is 3. The van der Waals surface area contributed by atoms with Crippen molar-refractivity contribution in [2.75, 3.05) is 13.1 Å². The second kappa shape index (κ2) is 5.01. The fourth-order valence-corrected chi connectivity index (χ4v) is 1.58. The van der Waals surface area contributed by atoms with Crippen molar-refractivity contribution in [3.8, 4) is 0 Å².